The van der Waals surface area contributed by atoms with Gasteiger partial charge in [-0.25, -0.2) is 4.79 Å². The van der Waals surface area contributed by atoms with Crippen molar-refractivity contribution in [1.29, 1.82) is 0 Å². The summed E-state index contributed by atoms with van der Waals surface area (Å²) in [4.78, 5) is 12.4. The smallest absolute Gasteiger partial charge is 0.348 e. The van der Waals surface area contributed by atoms with Gasteiger partial charge >= 0.3 is 5.63 Å². The Morgan fingerprint density at radius 1 is 0.955 bits per heavy atom. The number of aryl methyl sites for hydroxylation is 1. The number of para-hydroxylation sites is 1. The maximum absolute atomic E-state index is 12.4. The van der Waals surface area contributed by atoms with E-state index >= 15 is 0 Å². The quantitative estimate of drug-likeness (QED) is 0.456. The van der Waals surface area contributed by atoms with Crippen LogP contribution in [-0.2, 0) is 0 Å². The number of hydrogen-bond donors (Lipinski definition) is 0. The Morgan fingerprint density at radius 3 is 2.45 bits per heavy atom. The molecule has 0 aliphatic rings. The second-order valence-electron chi connectivity index (χ2n) is 5.13. The summed E-state index contributed by atoms with van der Waals surface area (Å²) in [5.41, 5.74) is 2.33. The van der Waals surface area contributed by atoms with E-state index in [0.29, 0.717) is 27.3 Å². The lowest BCUT2D eigenvalue weighted by Crippen LogP contribution is -1.99. The van der Waals surface area contributed by atoms with Crippen LogP contribution in [0.15, 0.2) is 62.2 Å². The Labute approximate surface area is 130 Å². The van der Waals surface area contributed by atoms with E-state index in [2.05, 4.69) is 0 Å². The van der Waals surface area contributed by atoms with Gasteiger partial charge < -0.3 is 8.83 Å². The zero-order chi connectivity index (χ0) is 15.3. The Bertz CT molecular complexity index is 1060. The summed E-state index contributed by atoms with van der Waals surface area (Å²) in [5, 5.41) is 1.91. The van der Waals surface area contributed by atoms with Gasteiger partial charge in [-0.3, -0.25) is 0 Å². The van der Waals surface area contributed by atoms with Gasteiger partial charge in [-0.05, 0) is 36.8 Å². The molecule has 0 amide bonds. The van der Waals surface area contributed by atoms with Crippen LogP contribution in [0.4, 0.5) is 0 Å². The van der Waals surface area contributed by atoms with Crippen molar-refractivity contribution in [1.82, 2.24) is 0 Å². The molecule has 108 valence electrons. The largest absolute Gasteiger partial charge is 0.460 e. The highest BCUT2D eigenvalue weighted by atomic mass is 35.5. The molecule has 2 aromatic carbocycles. The first-order valence-electron chi connectivity index (χ1n) is 6.86. The molecule has 0 aliphatic carbocycles. The average molecular weight is 311 g/mol. The highest BCUT2D eigenvalue weighted by Gasteiger charge is 2.19. The topological polar surface area (TPSA) is 43.4 Å². The first kappa shape index (κ1) is 13.2. The van der Waals surface area contributed by atoms with Crippen LogP contribution < -0.4 is 5.63 Å². The van der Waals surface area contributed by atoms with Crippen molar-refractivity contribution >= 4 is 33.5 Å². The van der Waals surface area contributed by atoms with Crippen LogP contribution in [0, 0.1) is 6.92 Å². The zero-order valence-corrected chi connectivity index (χ0v) is 12.5. The number of benzene rings is 2. The van der Waals surface area contributed by atoms with Crippen LogP contribution in [0.2, 0.25) is 5.02 Å². The molecule has 0 bridgehead atoms. The molecule has 3 nitrogen and oxygen atoms in total. The highest BCUT2D eigenvalue weighted by molar-refractivity contribution is 6.30. The van der Waals surface area contributed by atoms with Crippen LogP contribution in [0.25, 0.3) is 33.1 Å². The predicted octanol–water partition coefficient (Wildman–Crippen LogP) is 5.17. The van der Waals surface area contributed by atoms with Crippen LogP contribution >= 0.6 is 11.6 Å². The lowest BCUT2D eigenvalue weighted by atomic mass is 10.0. The molecule has 22 heavy (non-hydrogen) atoms. The second-order valence-corrected chi connectivity index (χ2v) is 5.57. The van der Waals surface area contributed by atoms with Crippen molar-refractivity contribution in [2.24, 2.45) is 0 Å². The summed E-state index contributed by atoms with van der Waals surface area (Å²) < 4.78 is 11.3. The van der Waals surface area contributed by atoms with Crippen molar-refractivity contribution in [2.45, 2.75) is 6.92 Å². The lowest BCUT2D eigenvalue weighted by molar-refractivity contribution is 0.559. The van der Waals surface area contributed by atoms with Crippen LogP contribution in [0.5, 0.6) is 0 Å². The number of fused-ring (bicyclic) bond motifs is 3. The summed E-state index contributed by atoms with van der Waals surface area (Å²) in [6.45, 7) is 1.85. The molecule has 4 rings (SSSR count). The van der Waals surface area contributed by atoms with Crippen molar-refractivity contribution in [3.8, 4) is 11.1 Å². The van der Waals surface area contributed by atoms with Crippen LogP contribution in [0.1, 0.15) is 5.76 Å². The summed E-state index contributed by atoms with van der Waals surface area (Å²) >= 11 is 5.94. The Balaban J connectivity index is 2.16. The van der Waals surface area contributed by atoms with E-state index in [-0.39, 0.29) is 0 Å². The molecule has 0 radical (unpaired) electrons. The second kappa shape index (κ2) is 4.75. The first-order valence-corrected chi connectivity index (χ1v) is 7.24. The van der Waals surface area contributed by atoms with Crippen molar-refractivity contribution in [3.63, 3.8) is 0 Å². The minimum atomic E-state index is -0.393. The fraction of sp³-hybridized carbons (Fsp3) is 0.0556. The van der Waals surface area contributed by atoms with Gasteiger partial charge in [0, 0.05) is 10.6 Å². The molecular formula is C18H11ClO3. The molecule has 0 N–H and O–H groups in total. The summed E-state index contributed by atoms with van der Waals surface area (Å²) in [6.07, 6.45) is 0. The molecule has 0 saturated carbocycles. The lowest BCUT2D eigenvalue weighted by Gasteiger charge is -2.00. The molecule has 0 aliphatic heterocycles. The number of furan rings is 1. The monoisotopic (exact) mass is 310 g/mol. The van der Waals surface area contributed by atoms with Crippen LogP contribution in [-0.4, -0.2) is 0 Å². The van der Waals surface area contributed by atoms with E-state index in [1.54, 1.807) is 18.2 Å². The van der Waals surface area contributed by atoms with E-state index in [4.69, 9.17) is 20.4 Å². The molecule has 0 spiro atoms. The molecule has 2 aromatic heterocycles. The maximum atomic E-state index is 12.4. The van der Waals surface area contributed by atoms with E-state index in [0.717, 1.165) is 16.5 Å². The number of hydrogen-bond acceptors (Lipinski definition) is 3. The SMILES string of the molecule is Cc1oc2c(c1-c1ccc(Cl)cc1)c(=O)oc1ccccc12. The first-order chi connectivity index (χ1) is 10.6. The fourth-order valence-electron chi connectivity index (χ4n) is 2.79. The molecule has 2 heterocycles. The molecule has 0 atom stereocenters. The highest BCUT2D eigenvalue weighted by Crippen LogP contribution is 2.36. The number of rotatable bonds is 1. The van der Waals surface area contributed by atoms with Gasteiger partial charge in [-0.2, -0.15) is 0 Å². The van der Waals surface area contributed by atoms with Gasteiger partial charge in [0.15, 0.2) is 5.58 Å². The Kier molecular flexibility index (Phi) is 2.84. The van der Waals surface area contributed by atoms with Crippen molar-refractivity contribution < 1.29 is 8.83 Å². The third-order valence-corrected chi connectivity index (χ3v) is 4.01. The summed E-state index contributed by atoms with van der Waals surface area (Å²) in [7, 11) is 0. The van der Waals surface area contributed by atoms with Gasteiger partial charge in [0.2, 0.25) is 0 Å². The number of halogens is 1. The van der Waals surface area contributed by atoms with Gasteiger partial charge in [0.05, 0.1) is 5.39 Å². The minimum absolute atomic E-state index is 0.393. The minimum Gasteiger partial charge on any atom is -0.460 e. The van der Waals surface area contributed by atoms with Gasteiger partial charge in [0.25, 0.3) is 0 Å². The van der Waals surface area contributed by atoms with Crippen molar-refractivity contribution in [2.75, 3.05) is 0 Å². The van der Waals surface area contributed by atoms with E-state index in [9.17, 15) is 4.79 Å². The van der Waals surface area contributed by atoms with Gasteiger partial charge in [0.1, 0.15) is 16.7 Å². The Hall–Kier alpha value is -2.52. The zero-order valence-electron chi connectivity index (χ0n) is 11.7. The molecule has 0 unspecified atom stereocenters. The third-order valence-electron chi connectivity index (χ3n) is 3.76. The third kappa shape index (κ3) is 1.86. The van der Waals surface area contributed by atoms with E-state index < -0.39 is 5.63 Å². The summed E-state index contributed by atoms with van der Waals surface area (Å²) in [5.74, 6) is 0.681. The van der Waals surface area contributed by atoms with E-state index in [1.165, 1.54) is 0 Å². The molecule has 4 aromatic rings. The molecule has 0 fully saturated rings. The van der Waals surface area contributed by atoms with Crippen molar-refractivity contribution in [3.05, 3.63) is 69.7 Å². The molecule has 0 saturated heterocycles. The Morgan fingerprint density at radius 2 is 1.68 bits per heavy atom. The predicted molar refractivity (Wildman–Crippen MR) is 87.4 cm³/mol. The van der Waals surface area contributed by atoms with Gasteiger partial charge in [-0.1, -0.05) is 35.9 Å². The van der Waals surface area contributed by atoms with E-state index in [1.807, 2.05) is 37.3 Å². The standard InChI is InChI=1S/C18H11ClO3/c1-10-15(11-6-8-12(19)9-7-11)16-17(21-10)13-4-2-3-5-14(13)22-18(16)20/h2-9H,1H3. The molecule has 4 heteroatoms. The van der Waals surface area contributed by atoms with Crippen LogP contribution in [0.3, 0.4) is 0 Å². The average Bonchev–Trinajstić information content (AvgIpc) is 2.86. The molecular weight excluding hydrogens is 300 g/mol. The normalized spacial score (nSPS) is 11.4. The van der Waals surface area contributed by atoms with Gasteiger partial charge in [-0.15, -0.1) is 0 Å². The summed E-state index contributed by atoms with van der Waals surface area (Å²) in [6, 6.07) is 14.7. The maximum Gasteiger partial charge on any atom is 0.348 e. The fourth-order valence-corrected chi connectivity index (χ4v) is 2.91.